The third kappa shape index (κ3) is 27.9. The summed E-state index contributed by atoms with van der Waals surface area (Å²) in [7, 11) is 0. The summed E-state index contributed by atoms with van der Waals surface area (Å²) in [5, 5.41) is 46.0. The van der Waals surface area contributed by atoms with Crippen molar-refractivity contribution < 1.29 is 77.4 Å². The average molecular weight is 914 g/mol. The number of hydrogen-bond donors (Lipinski definition) is 12. The van der Waals surface area contributed by atoms with Crippen LogP contribution in [0.15, 0.2) is 24.3 Å². The van der Waals surface area contributed by atoms with Gasteiger partial charge in [0.25, 0.3) is 5.91 Å². The standard InChI is InChI=1S/C39H63N9O16/c1-2-13-41-27-5-3-26(4-6-27)36(54)45-15-14-42-34(52)24-63-22-20-61-18-16-43-31(49)10-7-28(37(55)56)46-33(51)12-8-29(38(57)58)47-35(53)25-64-23-21-62-19-17-44-32(50)11-9-30(48-40)39(59)60/h3-6,28-30,41,48H,2,7-25,40H2,1H3,(H,42,52)(H,43,49)(H,44,50)(H,45,54)(H,46,51)(H,47,53)(H,55,56)(H,57,58)(H,59,60)/t28?,29-,30-/m0/s1. The molecule has 64 heavy (non-hydrogen) atoms. The van der Waals surface area contributed by atoms with E-state index in [1.807, 2.05) is 12.1 Å². The molecule has 6 amide bonds. The van der Waals surface area contributed by atoms with Gasteiger partial charge in [0.1, 0.15) is 31.3 Å². The molecule has 0 aliphatic carbocycles. The fourth-order valence-corrected chi connectivity index (χ4v) is 5.13. The van der Waals surface area contributed by atoms with E-state index in [4.69, 9.17) is 29.9 Å². The second-order valence-electron chi connectivity index (χ2n) is 13.7. The first-order chi connectivity index (χ1) is 30.7. The van der Waals surface area contributed by atoms with Crippen LogP contribution < -0.4 is 48.5 Å². The van der Waals surface area contributed by atoms with Crippen LogP contribution in [0.1, 0.15) is 62.2 Å². The maximum absolute atomic E-state index is 12.4. The molecular weight excluding hydrogens is 850 g/mol. The van der Waals surface area contributed by atoms with E-state index in [2.05, 4.69) is 49.6 Å². The van der Waals surface area contributed by atoms with Gasteiger partial charge in [-0.25, -0.2) is 15.0 Å². The molecule has 1 aromatic carbocycles. The zero-order valence-corrected chi connectivity index (χ0v) is 35.9. The van der Waals surface area contributed by atoms with E-state index in [0.29, 0.717) is 5.56 Å². The molecule has 3 atom stereocenters. The molecule has 1 aromatic rings. The summed E-state index contributed by atoms with van der Waals surface area (Å²) in [6, 6.07) is 3.07. The van der Waals surface area contributed by atoms with Crippen molar-refractivity contribution in [2.24, 2.45) is 5.84 Å². The summed E-state index contributed by atoms with van der Waals surface area (Å²) in [5.74, 6) is -2.10. The van der Waals surface area contributed by atoms with Gasteiger partial charge in [-0.05, 0) is 49.9 Å². The minimum atomic E-state index is -1.49. The molecule has 0 aromatic heterocycles. The summed E-state index contributed by atoms with van der Waals surface area (Å²) in [5.41, 5.74) is 3.51. The number of aliphatic carboxylic acids is 3. The highest BCUT2D eigenvalue weighted by molar-refractivity contribution is 5.94. The molecule has 0 saturated heterocycles. The molecule has 0 heterocycles. The summed E-state index contributed by atoms with van der Waals surface area (Å²) in [4.78, 5) is 107. The lowest BCUT2D eigenvalue weighted by molar-refractivity contribution is -0.144. The second-order valence-corrected chi connectivity index (χ2v) is 13.7. The van der Waals surface area contributed by atoms with Gasteiger partial charge >= 0.3 is 17.9 Å². The average Bonchev–Trinajstić information content (AvgIpc) is 3.26. The molecule has 0 fully saturated rings. The van der Waals surface area contributed by atoms with E-state index < -0.39 is 72.7 Å². The maximum Gasteiger partial charge on any atom is 0.326 e. The highest BCUT2D eigenvalue weighted by Crippen LogP contribution is 2.09. The van der Waals surface area contributed by atoms with Gasteiger partial charge in [0.2, 0.25) is 29.5 Å². The maximum atomic E-state index is 12.4. The predicted molar refractivity (Wildman–Crippen MR) is 225 cm³/mol. The second kappa shape index (κ2) is 34.5. The number of ether oxygens (including phenoxy) is 4. The number of carboxylic acids is 3. The van der Waals surface area contributed by atoms with Crippen LogP contribution in [0.5, 0.6) is 0 Å². The molecule has 360 valence electrons. The van der Waals surface area contributed by atoms with Crippen LogP contribution in [0.25, 0.3) is 0 Å². The minimum Gasteiger partial charge on any atom is -0.480 e. The van der Waals surface area contributed by atoms with Crippen LogP contribution in [0, 0.1) is 0 Å². The topological polar surface area (TPSA) is 374 Å². The molecule has 0 spiro atoms. The Kier molecular flexibility index (Phi) is 30.2. The highest BCUT2D eigenvalue weighted by Gasteiger charge is 2.25. The molecule has 0 bridgehead atoms. The third-order valence-electron chi connectivity index (χ3n) is 8.55. The lowest BCUT2D eigenvalue weighted by atomic mass is 10.1. The number of nitrogens with two attached hydrogens (primary N) is 1. The Morgan fingerprint density at radius 2 is 0.953 bits per heavy atom. The van der Waals surface area contributed by atoms with Gasteiger partial charge in [-0.2, -0.15) is 0 Å². The van der Waals surface area contributed by atoms with Crippen LogP contribution in [0.2, 0.25) is 0 Å². The Morgan fingerprint density at radius 3 is 1.45 bits per heavy atom. The fourth-order valence-electron chi connectivity index (χ4n) is 5.13. The number of hydrogen-bond acceptors (Lipinski definition) is 16. The molecule has 0 saturated carbocycles. The van der Waals surface area contributed by atoms with Gasteiger partial charge in [0.05, 0.1) is 39.6 Å². The van der Waals surface area contributed by atoms with E-state index in [1.165, 1.54) is 0 Å². The Labute approximate surface area is 369 Å². The SMILES string of the molecule is CCCNc1ccc(C(=O)NCCNC(=O)COCCOCCNC(=O)CCC(NC(=O)CC[C@H](NC(=O)COCCOCCNC(=O)CC[C@H](NN)C(=O)O)C(=O)O)C(=O)O)cc1. The van der Waals surface area contributed by atoms with Gasteiger partial charge in [-0.1, -0.05) is 6.92 Å². The number of benzene rings is 1. The Balaban J connectivity index is 2.15. The first kappa shape index (κ1) is 56.0. The number of carbonyl (C=O) groups excluding carboxylic acids is 6. The largest absolute Gasteiger partial charge is 0.480 e. The van der Waals surface area contributed by atoms with Crippen LogP contribution >= 0.6 is 0 Å². The number of carboxylic acid groups (broad SMARTS) is 3. The molecule has 1 rings (SSSR count). The first-order valence-electron chi connectivity index (χ1n) is 20.6. The molecule has 0 aliphatic heterocycles. The van der Waals surface area contributed by atoms with Gasteiger partial charge in [0.15, 0.2) is 0 Å². The van der Waals surface area contributed by atoms with Gasteiger partial charge < -0.3 is 71.5 Å². The van der Waals surface area contributed by atoms with Crippen molar-refractivity contribution >= 4 is 59.0 Å². The summed E-state index contributed by atoms with van der Waals surface area (Å²) >= 11 is 0. The minimum absolute atomic E-state index is 0.00852. The van der Waals surface area contributed by atoms with Crippen molar-refractivity contribution in [2.45, 2.75) is 70.0 Å². The van der Waals surface area contributed by atoms with E-state index in [9.17, 15) is 53.4 Å². The molecule has 25 heteroatoms. The predicted octanol–water partition coefficient (Wildman–Crippen LogP) is -2.95. The van der Waals surface area contributed by atoms with Crippen molar-refractivity contribution in [2.75, 3.05) is 90.9 Å². The number of hydrazine groups is 1. The van der Waals surface area contributed by atoms with Crippen LogP contribution in [0.3, 0.4) is 0 Å². The van der Waals surface area contributed by atoms with Crippen molar-refractivity contribution in [3.63, 3.8) is 0 Å². The molecule has 0 aliphatic rings. The van der Waals surface area contributed by atoms with Crippen molar-refractivity contribution in [1.82, 2.24) is 37.3 Å². The van der Waals surface area contributed by atoms with Crippen molar-refractivity contribution in [1.29, 1.82) is 0 Å². The summed E-state index contributed by atoms with van der Waals surface area (Å²) in [6.07, 6.45) is -0.454. The van der Waals surface area contributed by atoms with E-state index in [-0.39, 0.29) is 116 Å². The third-order valence-corrected chi connectivity index (χ3v) is 8.55. The quantitative estimate of drug-likeness (QED) is 0.0179. The van der Waals surface area contributed by atoms with E-state index >= 15 is 0 Å². The lowest BCUT2D eigenvalue weighted by Crippen LogP contribution is -2.45. The Morgan fingerprint density at radius 1 is 0.516 bits per heavy atom. The van der Waals surface area contributed by atoms with E-state index in [0.717, 1.165) is 18.7 Å². The monoisotopic (exact) mass is 913 g/mol. The summed E-state index contributed by atoms with van der Waals surface area (Å²) < 4.78 is 21.0. The smallest absolute Gasteiger partial charge is 0.326 e. The highest BCUT2D eigenvalue weighted by atomic mass is 16.5. The Hall–Kier alpha value is -5.99. The number of anilines is 1. The van der Waals surface area contributed by atoms with Gasteiger partial charge in [-0.3, -0.25) is 39.4 Å². The van der Waals surface area contributed by atoms with E-state index in [1.54, 1.807) is 12.1 Å². The van der Waals surface area contributed by atoms with Crippen molar-refractivity contribution in [3.8, 4) is 0 Å². The first-order valence-corrected chi connectivity index (χ1v) is 20.6. The number of nitrogens with one attached hydrogen (secondary N) is 8. The zero-order chi connectivity index (χ0) is 47.5. The van der Waals surface area contributed by atoms with Crippen LogP contribution in [-0.2, 0) is 57.3 Å². The normalized spacial score (nSPS) is 12.2. The zero-order valence-electron chi connectivity index (χ0n) is 35.9. The van der Waals surface area contributed by atoms with Gasteiger partial charge in [0, 0.05) is 63.2 Å². The molecule has 25 nitrogen and oxygen atoms in total. The Bertz CT molecular complexity index is 1620. The molecular formula is C39H63N9O16. The van der Waals surface area contributed by atoms with Crippen LogP contribution in [0.4, 0.5) is 5.69 Å². The number of rotatable bonds is 38. The molecule has 13 N–H and O–H groups in total. The summed E-state index contributed by atoms with van der Waals surface area (Å²) in [6.45, 7) is 3.18. The number of amides is 6. The molecule has 0 radical (unpaired) electrons. The fraction of sp³-hybridized carbons (Fsp3) is 0.615. The van der Waals surface area contributed by atoms with Crippen molar-refractivity contribution in [3.05, 3.63) is 29.8 Å². The number of carbonyl (C=O) groups is 9. The lowest BCUT2D eigenvalue weighted by Gasteiger charge is -2.17. The van der Waals surface area contributed by atoms with Gasteiger partial charge in [-0.15, -0.1) is 0 Å². The molecule has 1 unspecified atom stereocenters. The van der Waals surface area contributed by atoms with Crippen LogP contribution in [-0.4, -0.2) is 172 Å².